The second kappa shape index (κ2) is 9.61. The van der Waals surface area contributed by atoms with Crippen LogP contribution in [0, 0.1) is 0 Å². The zero-order chi connectivity index (χ0) is 25.6. The van der Waals surface area contributed by atoms with E-state index in [9.17, 15) is 4.79 Å². The number of hydrogen-bond donors (Lipinski definition) is 2. The van der Waals surface area contributed by atoms with E-state index in [1.807, 2.05) is 29.9 Å². The third-order valence-corrected chi connectivity index (χ3v) is 8.01. The maximum atomic E-state index is 14.1. The molecule has 0 saturated heterocycles. The normalized spacial score (nSPS) is 16.1. The molecule has 7 nitrogen and oxygen atoms in total. The molecule has 0 unspecified atom stereocenters. The number of aryl methyl sites for hydroxylation is 1. The molecule has 2 aliphatic rings. The molecule has 0 atom stereocenters. The van der Waals surface area contributed by atoms with Gasteiger partial charge >= 0.3 is 0 Å². The van der Waals surface area contributed by atoms with Gasteiger partial charge in [-0.1, -0.05) is 0 Å². The summed E-state index contributed by atoms with van der Waals surface area (Å²) in [4.78, 5) is 22.1. The fourth-order valence-electron chi connectivity index (χ4n) is 5.24. The molecule has 36 heavy (non-hydrogen) atoms. The Labute approximate surface area is 221 Å². The maximum Gasteiger partial charge on any atom is 0.271 e. The highest BCUT2D eigenvalue weighted by Crippen LogP contribution is 2.46. The van der Waals surface area contributed by atoms with Crippen molar-refractivity contribution in [3.8, 4) is 27.4 Å². The van der Waals surface area contributed by atoms with Crippen LogP contribution in [-0.2, 0) is 24.3 Å². The topological polar surface area (TPSA) is 68.6 Å². The number of thiazole rings is 1. The van der Waals surface area contributed by atoms with Crippen molar-refractivity contribution in [3.05, 3.63) is 52.4 Å². The zero-order valence-corrected chi connectivity index (χ0v) is 23.1. The van der Waals surface area contributed by atoms with Gasteiger partial charge in [-0.25, -0.2) is 0 Å². The Balaban J connectivity index is 1.82. The molecule has 9 heteroatoms. The van der Waals surface area contributed by atoms with E-state index in [0.29, 0.717) is 32.0 Å². The van der Waals surface area contributed by atoms with Crippen LogP contribution in [0.4, 0.5) is 0 Å². The Morgan fingerprint density at radius 3 is 2.72 bits per heavy atom. The van der Waals surface area contributed by atoms with Crippen molar-refractivity contribution in [2.24, 2.45) is 0 Å². The molecule has 2 aliphatic heterocycles. The predicted octanol–water partition coefficient (Wildman–Crippen LogP) is 5.06. The maximum absolute atomic E-state index is 14.1. The van der Waals surface area contributed by atoms with Gasteiger partial charge in [-0.15, -0.1) is 24.0 Å². The van der Waals surface area contributed by atoms with Gasteiger partial charge in [0, 0.05) is 65.2 Å². The number of nitrogens with zero attached hydrogens (tertiary/aromatic N) is 3. The van der Waals surface area contributed by atoms with E-state index in [1.54, 1.807) is 18.4 Å². The lowest BCUT2D eigenvalue weighted by molar-refractivity contribution is 0.0335. The van der Waals surface area contributed by atoms with Crippen molar-refractivity contribution in [1.82, 2.24) is 19.8 Å². The molecule has 4 heterocycles. The number of rotatable bonds is 4. The molecule has 1 amide bonds. The molecule has 1 N–H and O–H groups in total. The average Bonchev–Trinajstić information content (AvgIpc) is 3.47. The minimum Gasteiger partial charge on any atom is -0.496 e. The van der Waals surface area contributed by atoms with Gasteiger partial charge in [-0.3, -0.25) is 9.78 Å². The van der Waals surface area contributed by atoms with Gasteiger partial charge in [0.05, 0.1) is 36.4 Å². The Morgan fingerprint density at radius 2 is 2.06 bits per heavy atom. The summed E-state index contributed by atoms with van der Waals surface area (Å²) in [7, 11) is 3.56. The SMILES string of the molecule is CN/C=C(\S)c1c2c(n3c1-c1cc(-c4cncs4)c(OC)cc1CC3)C(=O)N(C(C)(C)C)CCOC2. The highest BCUT2D eigenvalue weighted by molar-refractivity contribution is 7.90. The van der Waals surface area contributed by atoms with Crippen molar-refractivity contribution >= 4 is 34.8 Å². The van der Waals surface area contributed by atoms with Gasteiger partial charge in [0.25, 0.3) is 5.91 Å². The first-order valence-electron chi connectivity index (χ1n) is 12.1. The lowest BCUT2D eigenvalue weighted by atomic mass is 9.92. The quantitative estimate of drug-likeness (QED) is 0.467. The van der Waals surface area contributed by atoms with Crippen LogP contribution in [0.15, 0.2) is 30.0 Å². The van der Waals surface area contributed by atoms with Crippen molar-refractivity contribution in [2.45, 2.75) is 45.9 Å². The second-order valence-electron chi connectivity index (χ2n) is 10.0. The summed E-state index contributed by atoms with van der Waals surface area (Å²) in [6, 6.07) is 4.30. The molecule has 0 radical (unpaired) electrons. The van der Waals surface area contributed by atoms with Crippen molar-refractivity contribution in [2.75, 3.05) is 27.3 Å². The number of methoxy groups -OCH3 is 1. The van der Waals surface area contributed by atoms with Crippen LogP contribution in [0.5, 0.6) is 5.75 Å². The van der Waals surface area contributed by atoms with E-state index in [-0.39, 0.29) is 11.4 Å². The number of carbonyl (C=O) groups is 1. The predicted molar refractivity (Wildman–Crippen MR) is 148 cm³/mol. The molecule has 0 bridgehead atoms. The van der Waals surface area contributed by atoms with E-state index in [4.69, 9.17) is 22.1 Å². The van der Waals surface area contributed by atoms with Crippen LogP contribution in [-0.4, -0.2) is 53.2 Å². The summed E-state index contributed by atoms with van der Waals surface area (Å²) in [5.74, 6) is 0.867. The molecular formula is C27H32N4O3S2. The third kappa shape index (κ3) is 4.13. The summed E-state index contributed by atoms with van der Waals surface area (Å²) in [6.45, 7) is 8.31. The van der Waals surface area contributed by atoms with E-state index >= 15 is 0 Å². The number of hydrogen-bond acceptors (Lipinski definition) is 7. The molecule has 1 aromatic carbocycles. The fourth-order valence-corrected chi connectivity index (χ4v) is 6.25. The molecular weight excluding hydrogens is 492 g/mol. The first-order valence-corrected chi connectivity index (χ1v) is 13.4. The Hall–Kier alpha value is -2.75. The number of nitrogens with one attached hydrogen (secondary N) is 1. The number of fused-ring (bicyclic) bond motifs is 5. The second-order valence-corrected chi connectivity index (χ2v) is 11.4. The summed E-state index contributed by atoms with van der Waals surface area (Å²) < 4.78 is 14.1. The van der Waals surface area contributed by atoms with Crippen LogP contribution in [0.3, 0.4) is 0 Å². The van der Waals surface area contributed by atoms with Crippen molar-refractivity contribution < 1.29 is 14.3 Å². The molecule has 0 aliphatic carbocycles. The fraction of sp³-hybridized carbons (Fsp3) is 0.407. The van der Waals surface area contributed by atoms with Crippen LogP contribution in [0.25, 0.3) is 26.6 Å². The monoisotopic (exact) mass is 524 g/mol. The minimum atomic E-state index is -0.330. The van der Waals surface area contributed by atoms with Crippen molar-refractivity contribution in [3.63, 3.8) is 0 Å². The summed E-state index contributed by atoms with van der Waals surface area (Å²) >= 11 is 6.47. The Kier molecular flexibility index (Phi) is 6.65. The number of thiol groups is 1. The van der Waals surface area contributed by atoms with Crippen LogP contribution in [0.1, 0.15) is 48.0 Å². The number of carbonyl (C=O) groups excluding carboxylic acids is 1. The zero-order valence-electron chi connectivity index (χ0n) is 21.3. The minimum absolute atomic E-state index is 0.0403. The van der Waals surface area contributed by atoms with E-state index in [1.165, 1.54) is 5.56 Å². The highest BCUT2D eigenvalue weighted by atomic mass is 32.1. The summed E-state index contributed by atoms with van der Waals surface area (Å²) in [6.07, 6.45) is 4.52. The van der Waals surface area contributed by atoms with Gasteiger partial charge in [-0.2, -0.15) is 0 Å². The number of ether oxygens (including phenoxy) is 2. The molecule has 0 spiro atoms. The Morgan fingerprint density at radius 1 is 1.25 bits per heavy atom. The van der Waals surface area contributed by atoms with Crippen LogP contribution in [0.2, 0.25) is 0 Å². The molecule has 2 aromatic heterocycles. The highest BCUT2D eigenvalue weighted by Gasteiger charge is 2.38. The smallest absolute Gasteiger partial charge is 0.271 e. The van der Waals surface area contributed by atoms with Gasteiger partial charge in [0.1, 0.15) is 11.4 Å². The van der Waals surface area contributed by atoms with Crippen LogP contribution < -0.4 is 10.1 Å². The molecule has 5 rings (SSSR count). The first-order chi connectivity index (χ1) is 17.3. The molecule has 0 fully saturated rings. The number of amides is 1. The summed E-state index contributed by atoms with van der Waals surface area (Å²) in [5, 5.41) is 3.11. The van der Waals surface area contributed by atoms with Crippen molar-refractivity contribution in [1.29, 1.82) is 0 Å². The Bertz CT molecular complexity index is 1340. The molecule has 190 valence electrons. The number of aromatic nitrogens is 2. The van der Waals surface area contributed by atoms with Gasteiger partial charge in [0.2, 0.25) is 0 Å². The van der Waals surface area contributed by atoms with E-state index in [0.717, 1.165) is 49.9 Å². The largest absolute Gasteiger partial charge is 0.496 e. The average molecular weight is 525 g/mol. The van der Waals surface area contributed by atoms with E-state index < -0.39 is 0 Å². The van der Waals surface area contributed by atoms with Gasteiger partial charge in [-0.05, 0) is 44.9 Å². The number of benzene rings is 1. The summed E-state index contributed by atoms with van der Waals surface area (Å²) in [5.41, 5.74) is 8.28. The lowest BCUT2D eigenvalue weighted by Crippen LogP contribution is -2.49. The van der Waals surface area contributed by atoms with Gasteiger partial charge < -0.3 is 24.3 Å². The standard InChI is InChI=1S/C27H32N4O3S2/c1-27(2,3)31-8-9-34-14-19-23(21(35)12-28-4)24-17-11-18(22-13-29-15-36-22)20(33-5)10-16(17)6-7-30(24)25(19)26(31)32/h10-13,15,28,35H,6-9,14H2,1-5H3/b21-12-. The lowest BCUT2D eigenvalue weighted by Gasteiger charge is -2.37. The third-order valence-electron chi connectivity index (χ3n) is 6.85. The van der Waals surface area contributed by atoms with Gasteiger partial charge in [0.15, 0.2) is 0 Å². The van der Waals surface area contributed by atoms with E-state index in [2.05, 4.69) is 47.8 Å². The molecule has 3 aromatic rings. The molecule has 0 saturated carbocycles. The first kappa shape index (κ1) is 24.9. The van der Waals surface area contributed by atoms with Crippen LogP contribution >= 0.6 is 24.0 Å².